The van der Waals surface area contributed by atoms with Crippen LogP contribution in [0.1, 0.15) is 84.3 Å². The fourth-order valence-corrected chi connectivity index (χ4v) is 5.11. The van der Waals surface area contributed by atoms with E-state index in [0.717, 1.165) is 23.8 Å². The highest BCUT2D eigenvalue weighted by molar-refractivity contribution is 5.95. The number of fused-ring (bicyclic) bond motifs is 1. The zero-order valence-corrected chi connectivity index (χ0v) is 20.4. The van der Waals surface area contributed by atoms with Crippen molar-refractivity contribution in [1.29, 1.82) is 5.41 Å². The Morgan fingerprint density at radius 1 is 1.15 bits per heavy atom. The summed E-state index contributed by atoms with van der Waals surface area (Å²) >= 11 is 0. The van der Waals surface area contributed by atoms with Crippen molar-refractivity contribution in [2.45, 2.75) is 97.2 Å². The molecule has 2 saturated carbocycles. The second kappa shape index (κ2) is 9.54. The molecule has 2 aliphatic carbocycles. The van der Waals surface area contributed by atoms with E-state index in [9.17, 15) is 10.3 Å². The molecule has 0 radical (unpaired) electrons. The molecule has 1 atom stereocenters. The second-order valence-electron chi connectivity index (χ2n) is 10.9. The van der Waals surface area contributed by atoms with Gasteiger partial charge >= 0.3 is 0 Å². The fourth-order valence-electron chi connectivity index (χ4n) is 5.11. The van der Waals surface area contributed by atoms with E-state index in [-0.39, 0.29) is 17.7 Å². The van der Waals surface area contributed by atoms with Crippen LogP contribution in [-0.2, 0) is 13.0 Å². The van der Waals surface area contributed by atoms with Crippen LogP contribution in [0.15, 0.2) is 0 Å². The van der Waals surface area contributed by atoms with E-state index in [4.69, 9.17) is 10.4 Å². The molecule has 2 aliphatic rings. The largest absolute Gasteiger partial charge is 0.390 e. The molecule has 33 heavy (non-hydrogen) atoms. The standard InChI is InChI=1S/C24H39N7O2/c1-14-8-10-16(11-9-14)13-31-18(12-24(3,4)32)27-22-19(31)21(26-15(2)17-6-5-7-17)28-23(29-22)20(25)30-33/h14-17,32-33H,5-13H2,1-4H3,(H2,25,30)(H,26,28,29)/t14-,15-,16-/m1/s1. The van der Waals surface area contributed by atoms with E-state index >= 15 is 0 Å². The quantitative estimate of drug-likeness (QED) is 0.231. The lowest BCUT2D eigenvalue weighted by Crippen LogP contribution is -2.32. The maximum atomic E-state index is 10.6. The van der Waals surface area contributed by atoms with E-state index in [1.165, 1.54) is 44.9 Å². The van der Waals surface area contributed by atoms with Gasteiger partial charge in [-0.15, -0.1) is 0 Å². The highest BCUT2D eigenvalue weighted by Crippen LogP contribution is 2.34. The lowest BCUT2D eigenvalue weighted by molar-refractivity contribution is 0.0775. The Hall–Kier alpha value is -2.26. The fraction of sp³-hybridized carbons (Fsp3) is 0.750. The molecule has 2 heterocycles. The average molecular weight is 458 g/mol. The molecular formula is C24H39N7O2. The molecule has 9 nitrogen and oxygen atoms in total. The number of rotatable bonds is 8. The number of imidazole rings is 1. The molecule has 0 aromatic carbocycles. The van der Waals surface area contributed by atoms with Crippen molar-refractivity contribution in [2.75, 3.05) is 5.32 Å². The molecular weight excluding hydrogens is 418 g/mol. The molecule has 5 N–H and O–H groups in total. The number of aliphatic hydroxyl groups is 1. The Balaban J connectivity index is 1.79. The van der Waals surface area contributed by atoms with Gasteiger partial charge in [0.15, 0.2) is 17.3 Å². The molecule has 2 fully saturated rings. The Kier molecular flexibility index (Phi) is 6.91. The van der Waals surface area contributed by atoms with Gasteiger partial charge in [-0.2, -0.15) is 0 Å². The first-order chi connectivity index (χ1) is 15.6. The third kappa shape index (κ3) is 5.46. The summed E-state index contributed by atoms with van der Waals surface area (Å²) < 4.78 is 2.20. The first-order valence-corrected chi connectivity index (χ1v) is 12.4. The van der Waals surface area contributed by atoms with Crippen LogP contribution in [0, 0.1) is 23.2 Å². The summed E-state index contributed by atoms with van der Waals surface area (Å²) in [5, 5.41) is 31.5. The van der Waals surface area contributed by atoms with E-state index in [2.05, 4.69) is 33.7 Å². The Bertz CT molecular complexity index is 985. The monoisotopic (exact) mass is 457 g/mol. The number of nitrogens with one attached hydrogen (secondary N) is 3. The minimum atomic E-state index is -0.914. The van der Waals surface area contributed by atoms with Gasteiger partial charge in [0.05, 0.1) is 5.60 Å². The van der Waals surface area contributed by atoms with Crippen LogP contribution in [0.5, 0.6) is 0 Å². The zero-order valence-electron chi connectivity index (χ0n) is 20.4. The predicted molar refractivity (Wildman–Crippen MR) is 129 cm³/mol. The number of hydroxylamine groups is 1. The summed E-state index contributed by atoms with van der Waals surface area (Å²) in [6.45, 7) is 8.90. The molecule has 9 heteroatoms. The van der Waals surface area contributed by atoms with Crippen LogP contribution < -0.4 is 10.8 Å². The van der Waals surface area contributed by atoms with Crippen molar-refractivity contribution in [2.24, 2.45) is 17.8 Å². The van der Waals surface area contributed by atoms with Crippen LogP contribution in [0.4, 0.5) is 5.82 Å². The smallest absolute Gasteiger partial charge is 0.201 e. The van der Waals surface area contributed by atoms with Crippen LogP contribution >= 0.6 is 0 Å². The van der Waals surface area contributed by atoms with Crippen molar-refractivity contribution >= 4 is 22.8 Å². The minimum absolute atomic E-state index is 0.0965. The van der Waals surface area contributed by atoms with Gasteiger partial charge in [0.1, 0.15) is 11.3 Å². The van der Waals surface area contributed by atoms with E-state index in [1.807, 2.05) is 5.48 Å². The average Bonchev–Trinajstić information content (AvgIpc) is 3.03. The summed E-state index contributed by atoms with van der Waals surface area (Å²) in [5.74, 6) is 3.18. The van der Waals surface area contributed by atoms with Crippen molar-refractivity contribution in [3.8, 4) is 0 Å². The molecule has 0 amide bonds. The molecule has 0 saturated heterocycles. The van der Waals surface area contributed by atoms with Gasteiger partial charge in [0.2, 0.25) is 5.82 Å². The topological polar surface area (TPSA) is 132 Å². The maximum absolute atomic E-state index is 10.6. The minimum Gasteiger partial charge on any atom is -0.390 e. The summed E-state index contributed by atoms with van der Waals surface area (Å²) in [7, 11) is 0. The summed E-state index contributed by atoms with van der Waals surface area (Å²) in [4.78, 5) is 13.9. The molecule has 0 unspecified atom stereocenters. The van der Waals surface area contributed by atoms with Crippen molar-refractivity contribution < 1.29 is 10.3 Å². The molecule has 4 rings (SSSR count). The van der Waals surface area contributed by atoms with Gasteiger partial charge in [0, 0.05) is 19.0 Å². The first kappa shape index (κ1) is 23.9. The molecule has 0 bridgehead atoms. The molecule has 2 aromatic heterocycles. The third-order valence-corrected chi connectivity index (χ3v) is 7.41. The van der Waals surface area contributed by atoms with Crippen molar-refractivity contribution in [1.82, 2.24) is 25.0 Å². The summed E-state index contributed by atoms with van der Waals surface area (Å²) in [6, 6.07) is 0.234. The number of hydrogen-bond acceptors (Lipinski definition) is 7. The molecule has 2 aromatic rings. The van der Waals surface area contributed by atoms with Gasteiger partial charge in [0.25, 0.3) is 0 Å². The second-order valence-corrected chi connectivity index (χ2v) is 10.9. The van der Waals surface area contributed by atoms with Gasteiger partial charge in [-0.25, -0.2) is 20.4 Å². The van der Waals surface area contributed by atoms with Crippen LogP contribution in [0.2, 0.25) is 0 Å². The first-order valence-electron chi connectivity index (χ1n) is 12.4. The normalized spacial score (nSPS) is 22.7. The lowest BCUT2D eigenvalue weighted by Gasteiger charge is -2.32. The number of aromatic nitrogens is 4. The van der Waals surface area contributed by atoms with E-state index in [1.54, 1.807) is 13.8 Å². The van der Waals surface area contributed by atoms with E-state index < -0.39 is 5.60 Å². The third-order valence-electron chi connectivity index (χ3n) is 7.41. The van der Waals surface area contributed by atoms with Gasteiger partial charge in [-0.3, -0.25) is 10.6 Å². The van der Waals surface area contributed by atoms with Crippen molar-refractivity contribution in [3.05, 3.63) is 11.6 Å². The number of amidine groups is 1. The predicted octanol–water partition coefficient (Wildman–Crippen LogP) is 3.87. The molecule has 0 spiro atoms. The highest BCUT2D eigenvalue weighted by Gasteiger charge is 2.29. The Morgan fingerprint density at radius 2 is 1.85 bits per heavy atom. The van der Waals surface area contributed by atoms with E-state index in [0.29, 0.717) is 29.7 Å². The van der Waals surface area contributed by atoms with Crippen molar-refractivity contribution in [3.63, 3.8) is 0 Å². The van der Waals surface area contributed by atoms with Gasteiger partial charge in [-0.1, -0.05) is 26.2 Å². The van der Waals surface area contributed by atoms with Crippen LogP contribution in [0.25, 0.3) is 11.2 Å². The maximum Gasteiger partial charge on any atom is 0.201 e. The molecule has 0 aliphatic heterocycles. The SMILES string of the molecule is C[C@@H](Nc1nc(C(=N)NO)nc2nc(CC(C)(C)O)n(C[C@H]3CC[C@H](C)CC3)c12)C1CCC1. The van der Waals surface area contributed by atoms with Crippen LogP contribution in [-0.4, -0.2) is 47.3 Å². The Morgan fingerprint density at radius 3 is 2.42 bits per heavy atom. The molecule has 182 valence electrons. The summed E-state index contributed by atoms with van der Waals surface area (Å²) in [5.41, 5.74) is 2.26. The number of anilines is 1. The Labute approximate surface area is 195 Å². The zero-order chi connectivity index (χ0) is 23.8. The summed E-state index contributed by atoms with van der Waals surface area (Å²) in [6.07, 6.45) is 8.90. The van der Waals surface area contributed by atoms with Gasteiger partial charge < -0.3 is 15.0 Å². The highest BCUT2D eigenvalue weighted by atomic mass is 16.5. The number of nitrogens with zero attached hydrogens (tertiary/aromatic N) is 4. The van der Waals surface area contributed by atoms with Crippen LogP contribution in [0.3, 0.4) is 0 Å². The number of hydrogen-bond donors (Lipinski definition) is 5. The van der Waals surface area contributed by atoms with Gasteiger partial charge in [-0.05, 0) is 64.2 Å². The lowest BCUT2D eigenvalue weighted by atomic mass is 9.80.